The molecule has 0 aliphatic rings. The first-order valence-corrected chi connectivity index (χ1v) is 9.31. The molecule has 0 radical (unpaired) electrons. The van der Waals surface area contributed by atoms with Gasteiger partial charge in [0.1, 0.15) is 11.5 Å². The van der Waals surface area contributed by atoms with Crippen LogP contribution in [0.25, 0.3) is 0 Å². The van der Waals surface area contributed by atoms with Crippen molar-refractivity contribution >= 4 is 11.8 Å². The Morgan fingerprint density at radius 3 is 2.10 bits per heavy atom. The molecule has 0 heterocycles. The summed E-state index contributed by atoms with van der Waals surface area (Å²) in [7, 11) is 1.60. The molecule has 8 nitrogen and oxygen atoms in total. The van der Waals surface area contributed by atoms with Crippen LogP contribution in [0.2, 0.25) is 0 Å². The quantitative estimate of drug-likeness (QED) is 0.443. The molecule has 0 saturated heterocycles. The number of hydrogen-bond donors (Lipinski definition) is 2. The minimum absolute atomic E-state index is 0.213. The molecule has 0 aromatic heterocycles. The van der Waals surface area contributed by atoms with Gasteiger partial charge in [0.05, 0.1) is 20.3 Å². The lowest BCUT2D eigenvalue weighted by atomic mass is 10.3. The normalized spacial score (nSPS) is 10.0. The van der Waals surface area contributed by atoms with Gasteiger partial charge in [-0.2, -0.15) is 0 Å². The number of benzene rings is 2. The standard InChI is InChI=1S/C21H26N2O6/c1-3-27-18-7-4-5-8-19(18)29-15-21(25)23-22-20(24)9-6-14-28-17-12-10-16(26-2)11-13-17/h4-5,7-8,10-13H,3,6,9,14-15H2,1-2H3,(H,22,24)(H,23,25). The summed E-state index contributed by atoms with van der Waals surface area (Å²) in [4.78, 5) is 23.6. The third-order valence-corrected chi connectivity index (χ3v) is 3.73. The van der Waals surface area contributed by atoms with E-state index in [2.05, 4.69) is 10.9 Å². The molecular formula is C21H26N2O6. The first kappa shape index (κ1) is 21.9. The monoisotopic (exact) mass is 402 g/mol. The SMILES string of the molecule is CCOc1ccccc1OCC(=O)NNC(=O)CCCOc1ccc(OC)cc1. The van der Waals surface area contributed by atoms with Crippen molar-refractivity contribution in [2.45, 2.75) is 19.8 Å². The second kappa shape index (κ2) is 12.1. The van der Waals surface area contributed by atoms with Gasteiger partial charge in [0.25, 0.3) is 5.91 Å². The van der Waals surface area contributed by atoms with E-state index in [1.165, 1.54) is 0 Å². The van der Waals surface area contributed by atoms with Crippen molar-refractivity contribution in [3.05, 3.63) is 48.5 Å². The highest BCUT2D eigenvalue weighted by molar-refractivity contribution is 5.82. The molecule has 0 unspecified atom stereocenters. The minimum Gasteiger partial charge on any atom is -0.497 e. The van der Waals surface area contributed by atoms with Gasteiger partial charge < -0.3 is 18.9 Å². The maximum Gasteiger partial charge on any atom is 0.276 e. The summed E-state index contributed by atoms with van der Waals surface area (Å²) in [6.45, 7) is 2.49. The molecule has 0 bridgehead atoms. The zero-order chi connectivity index (χ0) is 20.9. The van der Waals surface area contributed by atoms with Crippen molar-refractivity contribution in [3.63, 3.8) is 0 Å². The van der Waals surface area contributed by atoms with Crippen LogP contribution in [0.1, 0.15) is 19.8 Å². The van der Waals surface area contributed by atoms with E-state index in [1.807, 2.05) is 13.0 Å². The number of hydrazine groups is 1. The molecule has 2 rings (SSSR count). The van der Waals surface area contributed by atoms with E-state index < -0.39 is 5.91 Å². The Hall–Kier alpha value is -3.42. The second-order valence-corrected chi connectivity index (χ2v) is 5.89. The fraction of sp³-hybridized carbons (Fsp3) is 0.333. The Kier molecular flexibility index (Phi) is 9.14. The van der Waals surface area contributed by atoms with Gasteiger partial charge in [0, 0.05) is 6.42 Å². The Morgan fingerprint density at radius 2 is 1.45 bits per heavy atom. The van der Waals surface area contributed by atoms with Crippen molar-refractivity contribution in [3.8, 4) is 23.0 Å². The number of carbonyl (C=O) groups excluding carboxylic acids is 2. The molecule has 2 N–H and O–H groups in total. The van der Waals surface area contributed by atoms with Gasteiger partial charge in [-0.05, 0) is 49.7 Å². The van der Waals surface area contributed by atoms with E-state index in [0.717, 1.165) is 5.75 Å². The molecule has 0 aliphatic heterocycles. The first-order valence-electron chi connectivity index (χ1n) is 9.31. The van der Waals surface area contributed by atoms with Crippen molar-refractivity contribution < 1.29 is 28.5 Å². The average molecular weight is 402 g/mol. The molecule has 0 atom stereocenters. The Bertz CT molecular complexity index is 779. The number of para-hydroxylation sites is 2. The number of amides is 2. The van der Waals surface area contributed by atoms with Gasteiger partial charge in [0.2, 0.25) is 5.91 Å². The fourth-order valence-electron chi connectivity index (χ4n) is 2.32. The lowest BCUT2D eigenvalue weighted by Crippen LogP contribution is -2.43. The third kappa shape index (κ3) is 8.00. The van der Waals surface area contributed by atoms with Crippen molar-refractivity contribution in [2.75, 3.05) is 26.9 Å². The van der Waals surface area contributed by atoms with Crippen LogP contribution in [-0.4, -0.2) is 38.7 Å². The molecule has 0 spiro atoms. The summed E-state index contributed by atoms with van der Waals surface area (Å²) in [5, 5.41) is 0. The molecule has 156 valence electrons. The number of carbonyl (C=O) groups is 2. The second-order valence-electron chi connectivity index (χ2n) is 5.89. The zero-order valence-electron chi connectivity index (χ0n) is 16.6. The van der Waals surface area contributed by atoms with Crippen LogP contribution in [0.5, 0.6) is 23.0 Å². The summed E-state index contributed by atoms with van der Waals surface area (Å²) < 4.78 is 21.5. The molecule has 0 fully saturated rings. The van der Waals surface area contributed by atoms with Crippen molar-refractivity contribution in [1.29, 1.82) is 0 Å². The fourth-order valence-corrected chi connectivity index (χ4v) is 2.32. The van der Waals surface area contributed by atoms with Crippen molar-refractivity contribution in [2.24, 2.45) is 0 Å². The van der Waals surface area contributed by atoms with Crippen molar-refractivity contribution in [1.82, 2.24) is 10.9 Å². The first-order chi connectivity index (χ1) is 14.1. The van der Waals surface area contributed by atoms with E-state index in [4.69, 9.17) is 18.9 Å². The highest BCUT2D eigenvalue weighted by Crippen LogP contribution is 2.26. The van der Waals surface area contributed by atoms with Crippen LogP contribution >= 0.6 is 0 Å². The van der Waals surface area contributed by atoms with Gasteiger partial charge in [0.15, 0.2) is 18.1 Å². The molecule has 2 amide bonds. The van der Waals surface area contributed by atoms with Crippen LogP contribution in [0.3, 0.4) is 0 Å². The number of methoxy groups -OCH3 is 1. The highest BCUT2D eigenvalue weighted by atomic mass is 16.5. The molecule has 2 aromatic carbocycles. The summed E-state index contributed by atoms with van der Waals surface area (Å²) in [6, 6.07) is 14.2. The van der Waals surface area contributed by atoms with Gasteiger partial charge in [-0.3, -0.25) is 20.4 Å². The lowest BCUT2D eigenvalue weighted by Gasteiger charge is -2.12. The summed E-state index contributed by atoms with van der Waals surface area (Å²) in [6.07, 6.45) is 0.719. The molecular weight excluding hydrogens is 376 g/mol. The zero-order valence-corrected chi connectivity index (χ0v) is 16.6. The predicted octanol–water partition coefficient (Wildman–Crippen LogP) is 2.48. The topological polar surface area (TPSA) is 95.1 Å². The van der Waals surface area contributed by atoms with E-state index in [-0.39, 0.29) is 18.9 Å². The minimum atomic E-state index is -0.473. The number of nitrogens with one attached hydrogen (secondary N) is 2. The van der Waals surface area contributed by atoms with Crippen LogP contribution in [0, 0.1) is 0 Å². The maximum absolute atomic E-state index is 11.8. The number of hydrogen-bond acceptors (Lipinski definition) is 6. The third-order valence-electron chi connectivity index (χ3n) is 3.73. The van der Waals surface area contributed by atoms with Gasteiger partial charge in [-0.15, -0.1) is 0 Å². The number of rotatable bonds is 11. The van der Waals surface area contributed by atoms with E-state index in [0.29, 0.717) is 36.9 Å². The Balaban J connectivity index is 1.60. The largest absolute Gasteiger partial charge is 0.497 e. The molecule has 8 heteroatoms. The van der Waals surface area contributed by atoms with E-state index in [9.17, 15) is 9.59 Å². The Morgan fingerprint density at radius 1 is 0.828 bits per heavy atom. The van der Waals surface area contributed by atoms with Gasteiger partial charge >= 0.3 is 0 Å². The van der Waals surface area contributed by atoms with Crippen LogP contribution < -0.4 is 29.8 Å². The van der Waals surface area contributed by atoms with Crippen LogP contribution in [0.15, 0.2) is 48.5 Å². The van der Waals surface area contributed by atoms with Gasteiger partial charge in [-0.1, -0.05) is 12.1 Å². The average Bonchev–Trinajstić information content (AvgIpc) is 2.75. The van der Waals surface area contributed by atoms with Gasteiger partial charge in [-0.25, -0.2) is 0 Å². The lowest BCUT2D eigenvalue weighted by molar-refractivity contribution is -0.130. The smallest absolute Gasteiger partial charge is 0.276 e. The molecule has 2 aromatic rings. The van der Waals surface area contributed by atoms with E-state index in [1.54, 1.807) is 49.6 Å². The maximum atomic E-state index is 11.8. The number of ether oxygens (including phenoxy) is 4. The summed E-state index contributed by atoms with van der Waals surface area (Å²) in [5.74, 6) is 1.68. The van der Waals surface area contributed by atoms with Crippen LogP contribution in [-0.2, 0) is 9.59 Å². The van der Waals surface area contributed by atoms with Crippen LogP contribution in [0.4, 0.5) is 0 Å². The molecule has 29 heavy (non-hydrogen) atoms. The van der Waals surface area contributed by atoms with E-state index >= 15 is 0 Å². The molecule has 0 saturated carbocycles. The summed E-state index contributed by atoms with van der Waals surface area (Å²) >= 11 is 0. The summed E-state index contributed by atoms with van der Waals surface area (Å²) in [5.41, 5.74) is 4.67. The highest BCUT2D eigenvalue weighted by Gasteiger charge is 2.08. The Labute approximate surface area is 170 Å². The predicted molar refractivity (Wildman–Crippen MR) is 107 cm³/mol. The molecule has 0 aliphatic carbocycles.